The van der Waals surface area contributed by atoms with Crippen molar-refractivity contribution in [2.24, 2.45) is 7.05 Å². The highest BCUT2D eigenvalue weighted by atomic mass is 16.5. The molecule has 0 bridgehead atoms. The molecular weight excluding hydrogens is 394 g/mol. The molecule has 0 aliphatic carbocycles. The van der Waals surface area contributed by atoms with Crippen LogP contribution in [-0.2, 0) is 22.1 Å². The maximum Gasteiger partial charge on any atom is 0.223 e. The first-order valence-corrected chi connectivity index (χ1v) is 11.2. The summed E-state index contributed by atoms with van der Waals surface area (Å²) in [5.41, 5.74) is 3.05. The van der Waals surface area contributed by atoms with Crippen molar-refractivity contribution < 1.29 is 19.4 Å². The van der Waals surface area contributed by atoms with Gasteiger partial charge in [0.25, 0.3) is 0 Å². The molecule has 31 heavy (non-hydrogen) atoms. The van der Waals surface area contributed by atoms with Crippen LogP contribution in [0.25, 0.3) is 10.9 Å². The maximum absolute atomic E-state index is 13.1. The molecule has 1 aromatic heterocycles. The van der Waals surface area contributed by atoms with Crippen LogP contribution in [0.5, 0.6) is 5.75 Å². The van der Waals surface area contributed by atoms with Crippen LogP contribution in [0.1, 0.15) is 56.8 Å². The fourth-order valence-electron chi connectivity index (χ4n) is 5.64. The van der Waals surface area contributed by atoms with Crippen LogP contribution in [0.2, 0.25) is 0 Å². The first-order valence-electron chi connectivity index (χ1n) is 11.2. The summed E-state index contributed by atoms with van der Waals surface area (Å²) in [6, 6.07) is 5.74. The molecule has 0 unspecified atom stereocenters. The van der Waals surface area contributed by atoms with Gasteiger partial charge in [-0.1, -0.05) is 6.92 Å². The van der Waals surface area contributed by atoms with Crippen LogP contribution in [0.3, 0.4) is 0 Å². The number of nitrogens with zero attached hydrogens (tertiary/aromatic N) is 3. The van der Waals surface area contributed by atoms with Gasteiger partial charge in [-0.15, -0.1) is 0 Å². The van der Waals surface area contributed by atoms with E-state index in [1.54, 1.807) is 14.0 Å². The van der Waals surface area contributed by atoms with E-state index in [4.69, 9.17) is 4.74 Å². The summed E-state index contributed by atoms with van der Waals surface area (Å²) in [4.78, 5) is 28.9. The Morgan fingerprint density at radius 2 is 1.97 bits per heavy atom. The fraction of sp³-hybridized carbons (Fsp3) is 0.583. The van der Waals surface area contributed by atoms with E-state index in [-0.39, 0.29) is 29.9 Å². The lowest BCUT2D eigenvalue weighted by molar-refractivity contribution is -0.139. The van der Waals surface area contributed by atoms with E-state index in [0.717, 1.165) is 41.6 Å². The van der Waals surface area contributed by atoms with Gasteiger partial charge in [0.15, 0.2) is 0 Å². The van der Waals surface area contributed by atoms with Gasteiger partial charge in [-0.3, -0.25) is 9.59 Å². The Morgan fingerprint density at radius 3 is 2.55 bits per heavy atom. The molecule has 1 fully saturated rings. The number of methoxy groups -OCH3 is 1. The lowest BCUT2D eigenvalue weighted by atomic mass is 9.68. The van der Waals surface area contributed by atoms with Gasteiger partial charge in [0.1, 0.15) is 5.75 Å². The SMILES string of the molecule is CCCC(=O)N1CC2(CCN(C(C)=O)CC2)c2c(n(C)c3cc(OC)ccc23)[C@H]1CO. The Kier molecular flexibility index (Phi) is 5.73. The molecule has 1 N–H and O–H groups in total. The summed E-state index contributed by atoms with van der Waals surface area (Å²) in [7, 11) is 3.67. The average Bonchev–Trinajstić information content (AvgIpc) is 3.07. The van der Waals surface area contributed by atoms with Crippen LogP contribution < -0.4 is 4.74 Å². The number of carbonyl (C=O) groups is 2. The molecule has 0 saturated carbocycles. The van der Waals surface area contributed by atoms with E-state index in [1.165, 1.54) is 5.56 Å². The van der Waals surface area contributed by atoms with Gasteiger partial charge in [0.2, 0.25) is 11.8 Å². The van der Waals surface area contributed by atoms with Crippen molar-refractivity contribution >= 4 is 22.7 Å². The molecule has 1 atom stereocenters. The number of likely N-dealkylation sites (tertiary alicyclic amines) is 1. The number of benzene rings is 1. The lowest BCUT2D eigenvalue weighted by Gasteiger charge is -2.50. The van der Waals surface area contributed by atoms with Crippen molar-refractivity contribution in [1.29, 1.82) is 0 Å². The normalized spacial score (nSPS) is 20.2. The van der Waals surface area contributed by atoms with Crippen molar-refractivity contribution in [1.82, 2.24) is 14.4 Å². The summed E-state index contributed by atoms with van der Waals surface area (Å²) in [5.74, 6) is 0.967. The minimum absolute atomic E-state index is 0.0865. The highest BCUT2D eigenvalue weighted by Gasteiger charge is 2.49. The Balaban J connectivity index is 1.92. The van der Waals surface area contributed by atoms with Gasteiger partial charge in [-0.25, -0.2) is 0 Å². The molecule has 0 radical (unpaired) electrons. The van der Waals surface area contributed by atoms with Gasteiger partial charge in [-0.2, -0.15) is 0 Å². The zero-order chi connectivity index (χ0) is 22.3. The molecule has 2 aliphatic rings. The molecule has 2 aromatic rings. The molecule has 3 heterocycles. The number of carbonyl (C=O) groups excluding carboxylic acids is 2. The summed E-state index contributed by atoms with van der Waals surface area (Å²) in [5, 5.41) is 11.5. The zero-order valence-corrected chi connectivity index (χ0v) is 19.0. The van der Waals surface area contributed by atoms with Gasteiger partial charge < -0.3 is 24.2 Å². The van der Waals surface area contributed by atoms with E-state index in [9.17, 15) is 14.7 Å². The lowest BCUT2D eigenvalue weighted by Crippen LogP contribution is -2.56. The van der Waals surface area contributed by atoms with Gasteiger partial charge >= 0.3 is 0 Å². The highest BCUT2D eigenvalue weighted by molar-refractivity contribution is 5.89. The molecule has 1 saturated heterocycles. The Labute approximate surface area is 183 Å². The number of fused-ring (bicyclic) bond motifs is 4. The molecule has 7 heteroatoms. The van der Waals surface area contributed by atoms with Crippen LogP contribution in [0.4, 0.5) is 0 Å². The number of rotatable bonds is 4. The first-order chi connectivity index (χ1) is 14.9. The fourth-order valence-corrected chi connectivity index (χ4v) is 5.64. The van der Waals surface area contributed by atoms with E-state index in [2.05, 4.69) is 10.6 Å². The second kappa shape index (κ2) is 8.19. The standard InChI is InChI=1S/C24H33N3O4/c1-5-6-21(30)27-15-24(9-11-26(12-10-24)16(2)29)22-18-8-7-17(31-4)13-19(18)25(3)23(22)20(27)14-28/h7-8,13,20,28H,5-6,9-12,14-15H2,1-4H3/t20-/m1/s1. The van der Waals surface area contributed by atoms with Crippen molar-refractivity contribution in [3.8, 4) is 5.75 Å². The number of hydrogen-bond acceptors (Lipinski definition) is 4. The van der Waals surface area contributed by atoms with Crippen molar-refractivity contribution in [3.05, 3.63) is 29.5 Å². The van der Waals surface area contributed by atoms with Crippen LogP contribution in [-0.4, -0.2) is 64.6 Å². The maximum atomic E-state index is 13.1. The monoisotopic (exact) mass is 427 g/mol. The number of aryl methyl sites for hydroxylation is 1. The smallest absolute Gasteiger partial charge is 0.223 e. The summed E-state index contributed by atoms with van der Waals surface area (Å²) < 4.78 is 7.58. The third-order valence-corrected chi connectivity index (χ3v) is 7.27. The second-order valence-corrected chi connectivity index (χ2v) is 8.96. The quantitative estimate of drug-likeness (QED) is 0.814. The average molecular weight is 428 g/mol. The topological polar surface area (TPSA) is 75.0 Å². The second-order valence-electron chi connectivity index (χ2n) is 8.96. The Bertz CT molecular complexity index is 1000. The number of piperidine rings is 1. The number of aliphatic hydroxyl groups is 1. The number of amides is 2. The van der Waals surface area contributed by atoms with Crippen LogP contribution in [0.15, 0.2) is 18.2 Å². The summed E-state index contributed by atoms with van der Waals surface area (Å²) in [6.45, 7) is 5.46. The molecule has 2 aliphatic heterocycles. The Hall–Kier alpha value is -2.54. The minimum Gasteiger partial charge on any atom is -0.497 e. The van der Waals surface area contributed by atoms with E-state index < -0.39 is 0 Å². The number of aromatic nitrogens is 1. The Morgan fingerprint density at radius 1 is 1.26 bits per heavy atom. The van der Waals surface area contributed by atoms with E-state index in [0.29, 0.717) is 26.1 Å². The number of aliphatic hydroxyl groups excluding tert-OH is 1. The van der Waals surface area contributed by atoms with E-state index >= 15 is 0 Å². The first kappa shape index (κ1) is 21.7. The minimum atomic E-state index is -0.367. The number of hydrogen-bond donors (Lipinski definition) is 1. The molecule has 1 aromatic carbocycles. The molecule has 7 nitrogen and oxygen atoms in total. The zero-order valence-electron chi connectivity index (χ0n) is 19.0. The van der Waals surface area contributed by atoms with Crippen LogP contribution >= 0.6 is 0 Å². The van der Waals surface area contributed by atoms with Crippen LogP contribution in [0, 0.1) is 0 Å². The summed E-state index contributed by atoms with van der Waals surface area (Å²) in [6.07, 6.45) is 2.86. The third-order valence-electron chi connectivity index (χ3n) is 7.27. The van der Waals surface area contributed by atoms with E-state index in [1.807, 2.05) is 35.9 Å². The molecule has 2 amide bonds. The van der Waals surface area contributed by atoms with Gasteiger partial charge in [0.05, 0.1) is 25.3 Å². The van der Waals surface area contributed by atoms with Gasteiger partial charge in [-0.05, 0) is 37.0 Å². The summed E-state index contributed by atoms with van der Waals surface area (Å²) >= 11 is 0. The van der Waals surface area contributed by atoms with Crippen molar-refractivity contribution in [3.63, 3.8) is 0 Å². The van der Waals surface area contributed by atoms with Gasteiger partial charge in [0, 0.05) is 62.6 Å². The molecule has 168 valence electrons. The molecule has 4 rings (SSSR count). The predicted molar refractivity (Wildman–Crippen MR) is 119 cm³/mol. The van der Waals surface area contributed by atoms with Crippen molar-refractivity contribution in [2.75, 3.05) is 33.4 Å². The predicted octanol–water partition coefficient (Wildman–Crippen LogP) is 2.74. The largest absolute Gasteiger partial charge is 0.497 e. The third kappa shape index (κ3) is 3.39. The number of ether oxygens (including phenoxy) is 1. The highest BCUT2D eigenvalue weighted by Crippen LogP contribution is 2.50. The van der Waals surface area contributed by atoms with Crippen molar-refractivity contribution in [2.45, 2.75) is 51.0 Å². The molecular formula is C24H33N3O4. The molecule has 1 spiro atoms.